The van der Waals surface area contributed by atoms with Gasteiger partial charge in [0.2, 0.25) is 0 Å². The summed E-state index contributed by atoms with van der Waals surface area (Å²) >= 11 is 0. The summed E-state index contributed by atoms with van der Waals surface area (Å²) in [4.78, 5) is 19.6. The zero-order valence-corrected chi connectivity index (χ0v) is 10.4. The largest absolute Gasteiger partial charge is 0.370 e. The topological polar surface area (TPSA) is 80.4 Å². The third kappa shape index (κ3) is 2.11. The summed E-state index contributed by atoms with van der Waals surface area (Å²) in [6.45, 7) is 0. The minimum absolute atomic E-state index is 0.0785. The van der Waals surface area contributed by atoms with E-state index in [1.807, 2.05) is 0 Å². The normalized spacial score (nSPS) is 17.8. The average Bonchev–Trinajstić information content (AvgIpc) is 2.79. The molecule has 5 nitrogen and oxygen atoms in total. The van der Waals surface area contributed by atoms with Gasteiger partial charge in [-0.25, -0.2) is 9.38 Å². The van der Waals surface area contributed by atoms with Gasteiger partial charge in [0.25, 0.3) is 5.91 Å². The van der Waals surface area contributed by atoms with Crippen molar-refractivity contribution < 1.29 is 9.18 Å². The van der Waals surface area contributed by atoms with E-state index in [0.717, 1.165) is 0 Å². The van der Waals surface area contributed by atoms with Gasteiger partial charge in [-0.15, -0.1) is 0 Å². The second-order valence-corrected chi connectivity index (χ2v) is 4.38. The predicted molar refractivity (Wildman–Crippen MR) is 72.1 cm³/mol. The minimum atomic E-state index is -0.726. The first kappa shape index (κ1) is 12.3. The third-order valence-corrected chi connectivity index (χ3v) is 3.07. The number of rotatable bonds is 2. The molecular formula is C14H11FN4O. The van der Waals surface area contributed by atoms with Crippen LogP contribution in [0.4, 0.5) is 4.39 Å². The van der Waals surface area contributed by atoms with Crippen LogP contribution in [0.5, 0.6) is 0 Å². The Labute approximate surface area is 114 Å². The highest BCUT2D eigenvalue weighted by Crippen LogP contribution is 2.28. The fourth-order valence-electron chi connectivity index (χ4n) is 2.12. The molecule has 1 aromatic carbocycles. The highest BCUT2D eigenvalue weighted by atomic mass is 19.1. The van der Waals surface area contributed by atoms with Gasteiger partial charge in [0.05, 0.1) is 0 Å². The van der Waals surface area contributed by atoms with E-state index in [1.54, 1.807) is 30.6 Å². The Hall–Kier alpha value is -2.76. The highest BCUT2D eigenvalue weighted by Gasteiger charge is 2.27. The average molecular weight is 270 g/mol. The van der Waals surface area contributed by atoms with E-state index in [9.17, 15) is 9.18 Å². The molecule has 1 aromatic heterocycles. The molecule has 0 saturated carbocycles. The molecule has 1 aliphatic heterocycles. The van der Waals surface area contributed by atoms with Gasteiger partial charge in [0.1, 0.15) is 5.82 Å². The number of halogens is 1. The first-order valence-electron chi connectivity index (χ1n) is 5.99. The molecule has 1 atom stereocenters. The van der Waals surface area contributed by atoms with Crippen LogP contribution in [0.25, 0.3) is 11.1 Å². The number of benzene rings is 1. The van der Waals surface area contributed by atoms with Crippen LogP contribution in [0.3, 0.4) is 0 Å². The van der Waals surface area contributed by atoms with Crippen LogP contribution in [0.15, 0.2) is 47.7 Å². The zero-order chi connectivity index (χ0) is 14.1. The predicted octanol–water partition coefficient (Wildman–Crippen LogP) is 1.37. The minimum Gasteiger partial charge on any atom is -0.370 e. The van der Waals surface area contributed by atoms with Crippen molar-refractivity contribution >= 4 is 11.9 Å². The standard InChI is InChI=1S/C14H11FN4O/c15-11-2-1-9(12-13(20)19-14(16)18-12)7-10(11)8-3-5-17-6-4-8/h1-7,12H,(H3,16,18,19,20). The summed E-state index contributed by atoms with van der Waals surface area (Å²) < 4.78 is 13.9. The molecular weight excluding hydrogens is 259 g/mol. The SMILES string of the molecule is NC1=NC(c2ccc(F)c(-c3ccncc3)c2)C(=O)N1. The van der Waals surface area contributed by atoms with Crippen molar-refractivity contribution in [1.29, 1.82) is 0 Å². The molecule has 2 heterocycles. The summed E-state index contributed by atoms with van der Waals surface area (Å²) in [6.07, 6.45) is 3.17. The van der Waals surface area contributed by atoms with Crippen LogP contribution in [0.2, 0.25) is 0 Å². The fourth-order valence-corrected chi connectivity index (χ4v) is 2.12. The Kier molecular flexibility index (Phi) is 2.90. The Bertz CT molecular complexity index is 700. The molecule has 2 aromatic rings. The van der Waals surface area contributed by atoms with Crippen LogP contribution < -0.4 is 11.1 Å². The maximum atomic E-state index is 13.9. The van der Waals surface area contributed by atoms with E-state index in [1.165, 1.54) is 12.1 Å². The van der Waals surface area contributed by atoms with E-state index in [0.29, 0.717) is 16.7 Å². The van der Waals surface area contributed by atoms with Crippen molar-refractivity contribution in [2.75, 3.05) is 0 Å². The second-order valence-electron chi connectivity index (χ2n) is 4.38. The molecule has 0 fully saturated rings. The number of hydrogen-bond donors (Lipinski definition) is 2. The van der Waals surface area contributed by atoms with Crippen molar-refractivity contribution in [3.05, 3.63) is 54.1 Å². The van der Waals surface area contributed by atoms with Gasteiger partial charge < -0.3 is 5.73 Å². The monoisotopic (exact) mass is 270 g/mol. The maximum absolute atomic E-state index is 13.9. The van der Waals surface area contributed by atoms with E-state index < -0.39 is 6.04 Å². The summed E-state index contributed by atoms with van der Waals surface area (Å²) in [5, 5.41) is 2.42. The Morgan fingerprint density at radius 2 is 1.95 bits per heavy atom. The number of carbonyl (C=O) groups excluding carboxylic acids is 1. The number of aromatic nitrogens is 1. The lowest BCUT2D eigenvalue weighted by molar-refractivity contribution is -0.120. The van der Waals surface area contributed by atoms with Crippen molar-refractivity contribution in [3.8, 4) is 11.1 Å². The first-order valence-corrected chi connectivity index (χ1v) is 5.99. The van der Waals surface area contributed by atoms with Crippen LogP contribution in [0.1, 0.15) is 11.6 Å². The summed E-state index contributed by atoms with van der Waals surface area (Å²) in [6, 6.07) is 7.14. The van der Waals surface area contributed by atoms with E-state index in [2.05, 4.69) is 15.3 Å². The highest BCUT2D eigenvalue weighted by molar-refractivity contribution is 6.04. The lowest BCUT2D eigenvalue weighted by Gasteiger charge is -2.09. The number of hydrogen-bond acceptors (Lipinski definition) is 4. The number of nitrogens with one attached hydrogen (secondary N) is 1. The molecule has 100 valence electrons. The molecule has 0 aliphatic carbocycles. The van der Waals surface area contributed by atoms with Crippen LogP contribution in [-0.4, -0.2) is 16.9 Å². The molecule has 1 amide bonds. The number of nitrogens with two attached hydrogens (primary N) is 1. The fraction of sp³-hybridized carbons (Fsp3) is 0.0714. The van der Waals surface area contributed by atoms with E-state index >= 15 is 0 Å². The van der Waals surface area contributed by atoms with Crippen molar-refractivity contribution in [1.82, 2.24) is 10.3 Å². The quantitative estimate of drug-likeness (QED) is 0.865. The molecule has 0 radical (unpaired) electrons. The lowest BCUT2D eigenvalue weighted by Crippen LogP contribution is -2.31. The number of nitrogens with zero attached hydrogens (tertiary/aromatic N) is 2. The second kappa shape index (κ2) is 4.73. The van der Waals surface area contributed by atoms with Crippen molar-refractivity contribution in [2.45, 2.75) is 6.04 Å². The van der Waals surface area contributed by atoms with E-state index in [-0.39, 0.29) is 17.7 Å². The summed E-state index contributed by atoms with van der Waals surface area (Å²) in [5.41, 5.74) is 7.15. The molecule has 3 N–H and O–H groups in total. The van der Waals surface area contributed by atoms with Crippen LogP contribution in [-0.2, 0) is 4.79 Å². The van der Waals surface area contributed by atoms with Gasteiger partial charge in [-0.3, -0.25) is 15.1 Å². The summed E-state index contributed by atoms with van der Waals surface area (Å²) in [7, 11) is 0. The van der Waals surface area contributed by atoms with Crippen molar-refractivity contribution in [3.63, 3.8) is 0 Å². The Morgan fingerprint density at radius 1 is 1.20 bits per heavy atom. The van der Waals surface area contributed by atoms with Gasteiger partial charge in [-0.05, 0) is 35.4 Å². The van der Waals surface area contributed by atoms with Gasteiger partial charge in [0, 0.05) is 18.0 Å². The van der Waals surface area contributed by atoms with Gasteiger partial charge in [0.15, 0.2) is 12.0 Å². The van der Waals surface area contributed by atoms with E-state index in [4.69, 9.17) is 5.73 Å². The van der Waals surface area contributed by atoms with Gasteiger partial charge in [-0.1, -0.05) is 6.07 Å². The lowest BCUT2D eigenvalue weighted by atomic mass is 9.99. The smallest absolute Gasteiger partial charge is 0.256 e. The first-order chi connectivity index (χ1) is 9.65. The Morgan fingerprint density at radius 3 is 2.60 bits per heavy atom. The number of guanidine groups is 1. The summed E-state index contributed by atoms with van der Waals surface area (Å²) in [5.74, 6) is -0.597. The molecule has 3 rings (SSSR count). The van der Waals surface area contributed by atoms with Crippen LogP contribution >= 0.6 is 0 Å². The van der Waals surface area contributed by atoms with Gasteiger partial charge in [-0.2, -0.15) is 0 Å². The molecule has 0 saturated heterocycles. The maximum Gasteiger partial charge on any atom is 0.256 e. The number of aliphatic imine (C=N–C) groups is 1. The molecule has 0 spiro atoms. The molecule has 0 bridgehead atoms. The number of carbonyl (C=O) groups is 1. The van der Waals surface area contributed by atoms with Crippen molar-refractivity contribution in [2.24, 2.45) is 10.7 Å². The third-order valence-electron chi connectivity index (χ3n) is 3.07. The Balaban J connectivity index is 2.06. The number of amides is 1. The molecule has 1 aliphatic rings. The molecule has 1 unspecified atom stereocenters. The molecule has 6 heteroatoms. The van der Waals surface area contributed by atoms with Gasteiger partial charge >= 0.3 is 0 Å². The number of pyridine rings is 1. The zero-order valence-electron chi connectivity index (χ0n) is 10.4. The van der Waals surface area contributed by atoms with Crippen LogP contribution in [0, 0.1) is 5.82 Å². The molecule has 20 heavy (non-hydrogen) atoms.